The number of nitrogens with zero attached hydrogens (tertiary/aromatic N) is 1. The summed E-state index contributed by atoms with van der Waals surface area (Å²) in [7, 11) is 1.31. The van der Waals surface area contributed by atoms with Gasteiger partial charge in [0.25, 0.3) is 5.91 Å². The summed E-state index contributed by atoms with van der Waals surface area (Å²) < 4.78 is 5.68. The Bertz CT molecular complexity index is 998. The van der Waals surface area contributed by atoms with Crippen LogP contribution in [0.25, 0.3) is 0 Å². The number of aryl methyl sites for hydroxylation is 2. The lowest BCUT2D eigenvalue weighted by atomic mass is 10.1. The molecule has 1 N–H and O–H groups in total. The predicted octanol–water partition coefficient (Wildman–Crippen LogP) is 4.95. The lowest BCUT2D eigenvalue weighted by Gasteiger charge is -2.10. The Morgan fingerprint density at radius 1 is 1.11 bits per heavy atom. The zero-order chi connectivity index (χ0) is 19.4. The first-order valence-electron chi connectivity index (χ1n) is 8.16. The van der Waals surface area contributed by atoms with Crippen LogP contribution in [0.3, 0.4) is 0 Å². The Morgan fingerprint density at radius 3 is 2.56 bits per heavy atom. The van der Waals surface area contributed by atoms with E-state index in [1.807, 2.05) is 37.4 Å². The monoisotopic (exact) mass is 398 g/mol. The fraction of sp³-hybridized carbons (Fsp3) is 0.150. The molecule has 1 amide bonds. The van der Waals surface area contributed by atoms with E-state index in [4.69, 9.17) is 4.74 Å². The van der Waals surface area contributed by atoms with Crippen molar-refractivity contribution in [1.29, 1.82) is 0 Å². The molecule has 5 nitrogen and oxygen atoms in total. The van der Waals surface area contributed by atoms with Crippen LogP contribution in [0.5, 0.6) is 0 Å². The van der Waals surface area contributed by atoms with E-state index in [2.05, 4.69) is 10.3 Å². The van der Waals surface area contributed by atoms with Gasteiger partial charge in [-0.25, -0.2) is 9.78 Å². The molecule has 0 aliphatic carbocycles. The van der Waals surface area contributed by atoms with E-state index in [0.29, 0.717) is 11.1 Å². The number of hydrogen-bond acceptors (Lipinski definition) is 6. The minimum Gasteiger partial charge on any atom is -0.465 e. The first-order chi connectivity index (χ1) is 13.0. The molecule has 3 rings (SSSR count). The van der Waals surface area contributed by atoms with Crippen molar-refractivity contribution in [1.82, 2.24) is 4.98 Å². The molecule has 2 aromatic carbocycles. The number of thiazole rings is 1. The highest BCUT2D eigenvalue weighted by atomic mass is 32.2. The van der Waals surface area contributed by atoms with Gasteiger partial charge in [-0.05, 0) is 55.8 Å². The van der Waals surface area contributed by atoms with Crippen molar-refractivity contribution in [2.45, 2.75) is 23.1 Å². The van der Waals surface area contributed by atoms with Crippen LogP contribution in [0.15, 0.2) is 57.1 Å². The van der Waals surface area contributed by atoms with E-state index >= 15 is 0 Å². The number of amides is 1. The maximum absolute atomic E-state index is 12.5. The highest BCUT2D eigenvalue weighted by Gasteiger charge is 2.12. The second-order valence-electron chi connectivity index (χ2n) is 5.86. The van der Waals surface area contributed by atoms with Gasteiger partial charge in [-0.3, -0.25) is 4.79 Å². The summed E-state index contributed by atoms with van der Waals surface area (Å²) in [5, 5.41) is 4.91. The molecule has 0 saturated carbocycles. The summed E-state index contributed by atoms with van der Waals surface area (Å²) in [5.74, 6) is -0.751. The molecule has 0 unspecified atom stereocenters. The van der Waals surface area contributed by atoms with Crippen LogP contribution >= 0.6 is 23.1 Å². The molecule has 27 heavy (non-hydrogen) atoms. The number of hydrogen-bond donors (Lipinski definition) is 1. The van der Waals surface area contributed by atoms with Crippen LogP contribution < -0.4 is 5.32 Å². The van der Waals surface area contributed by atoms with Crippen LogP contribution in [0.4, 0.5) is 5.69 Å². The van der Waals surface area contributed by atoms with Crippen molar-refractivity contribution in [3.63, 3.8) is 0 Å². The zero-order valence-corrected chi connectivity index (χ0v) is 16.7. The van der Waals surface area contributed by atoms with Crippen molar-refractivity contribution in [3.8, 4) is 0 Å². The summed E-state index contributed by atoms with van der Waals surface area (Å²) in [6.45, 7) is 3.91. The number of rotatable bonds is 5. The van der Waals surface area contributed by atoms with Crippen molar-refractivity contribution in [2.24, 2.45) is 0 Å². The van der Waals surface area contributed by atoms with E-state index in [0.717, 1.165) is 26.2 Å². The van der Waals surface area contributed by atoms with E-state index in [9.17, 15) is 9.59 Å². The minimum atomic E-state index is -0.473. The maximum Gasteiger partial charge on any atom is 0.337 e. The van der Waals surface area contributed by atoms with Gasteiger partial charge in [0, 0.05) is 27.2 Å². The molecule has 0 spiro atoms. The Labute approximate surface area is 165 Å². The fourth-order valence-corrected chi connectivity index (χ4v) is 4.33. The van der Waals surface area contributed by atoms with E-state index < -0.39 is 5.97 Å². The smallest absolute Gasteiger partial charge is 0.337 e. The van der Waals surface area contributed by atoms with E-state index in [1.54, 1.807) is 41.3 Å². The maximum atomic E-state index is 12.5. The van der Waals surface area contributed by atoms with Crippen molar-refractivity contribution in [2.75, 3.05) is 12.4 Å². The third-order valence-electron chi connectivity index (χ3n) is 3.80. The van der Waals surface area contributed by atoms with Gasteiger partial charge in [-0.2, -0.15) is 0 Å². The highest BCUT2D eigenvalue weighted by Crippen LogP contribution is 2.32. The van der Waals surface area contributed by atoms with Crippen LogP contribution in [-0.2, 0) is 4.74 Å². The van der Waals surface area contributed by atoms with Gasteiger partial charge in [-0.1, -0.05) is 17.8 Å². The van der Waals surface area contributed by atoms with Crippen LogP contribution in [0.1, 0.15) is 32.0 Å². The lowest BCUT2D eigenvalue weighted by Crippen LogP contribution is -2.14. The molecular formula is C20H18N2O3S2. The van der Waals surface area contributed by atoms with Gasteiger partial charge >= 0.3 is 5.97 Å². The predicted molar refractivity (Wildman–Crippen MR) is 108 cm³/mol. The van der Waals surface area contributed by atoms with E-state index in [-0.39, 0.29) is 5.91 Å². The third-order valence-corrected chi connectivity index (χ3v) is 5.84. The number of carbonyl (C=O) groups excluding carboxylic acids is 2. The largest absolute Gasteiger partial charge is 0.465 e. The summed E-state index contributed by atoms with van der Waals surface area (Å²) in [6.07, 6.45) is 0. The van der Waals surface area contributed by atoms with Crippen LogP contribution in [-0.4, -0.2) is 24.0 Å². The van der Waals surface area contributed by atoms with Gasteiger partial charge in [0.2, 0.25) is 0 Å². The third kappa shape index (κ3) is 4.75. The zero-order valence-electron chi connectivity index (χ0n) is 15.1. The first-order valence-corrected chi connectivity index (χ1v) is 9.86. The SMILES string of the molecule is COC(=O)c1cccc(C(=O)Nc2ccc(Sc3nc(C)cs3)cc2C)c1. The molecular weight excluding hydrogens is 380 g/mol. The average molecular weight is 399 g/mol. The van der Waals surface area contributed by atoms with Crippen LogP contribution in [0.2, 0.25) is 0 Å². The molecule has 0 aliphatic heterocycles. The van der Waals surface area contributed by atoms with Gasteiger partial charge in [0.1, 0.15) is 0 Å². The Kier molecular flexibility index (Phi) is 5.93. The molecule has 138 valence electrons. The number of carbonyl (C=O) groups is 2. The molecule has 0 fully saturated rings. The fourth-order valence-electron chi connectivity index (χ4n) is 2.42. The second kappa shape index (κ2) is 8.37. The van der Waals surface area contributed by atoms with Crippen molar-refractivity contribution < 1.29 is 14.3 Å². The average Bonchev–Trinajstić information content (AvgIpc) is 3.08. The molecule has 1 aromatic heterocycles. The Hall–Kier alpha value is -2.64. The summed E-state index contributed by atoms with van der Waals surface area (Å²) in [6, 6.07) is 12.3. The normalized spacial score (nSPS) is 10.5. The summed E-state index contributed by atoms with van der Waals surface area (Å²) in [5.41, 5.74) is 3.42. The molecule has 7 heteroatoms. The Balaban J connectivity index is 1.73. The van der Waals surface area contributed by atoms with E-state index in [1.165, 1.54) is 13.2 Å². The van der Waals surface area contributed by atoms with Gasteiger partial charge in [-0.15, -0.1) is 11.3 Å². The number of benzene rings is 2. The van der Waals surface area contributed by atoms with Crippen molar-refractivity contribution >= 4 is 40.7 Å². The molecule has 0 radical (unpaired) electrons. The number of ether oxygens (including phenoxy) is 1. The van der Waals surface area contributed by atoms with Crippen molar-refractivity contribution in [3.05, 3.63) is 70.2 Å². The van der Waals surface area contributed by atoms with Crippen LogP contribution in [0, 0.1) is 13.8 Å². The number of nitrogens with one attached hydrogen (secondary N) is 1. The topological polar surface area (TPSA) is 68.3 Å². The van der Waals surface area contributed by atoms with Gasteiger partial charge < -0.3 is 10.1 Å². The molecule has 0 saturated heterocycles. The van der Waals surface area contributed by atoms with Gasteiger partial charge in [0.05, 0.1) is 12.7 Å². The number of esters is 1. The standard InChI is InChI=1S/C20H18N2O3S2/c1-12-9-16(27-20-21-13(2)11-26-20)7-8-17(12)22-18(23)14-5-4-6-15(10-14)19(24)25-3/h4-11H,1-3H3,(H,22,23). The highest BCUT2D eigenvalue weighted by molar-refractivity contribution is 8.01. The quantitative estimate of drug-likeness (QED) is 0.616. The number of aromatic nitrogens is 1. The molecule has 3 aromatic rings. The number of methoxy groups -OCH3 is 1. The van der Waals surface area contributed by atoms with Gasteiger partial charge in [0.15, 0.2) is 4.34 Å². The summed E-state index contributed by atoms with van der Waals surface area (Å²) in [4.78, 5) is 29.7. The minimum absolute atomic E-state index is 0.278. The summed E-state index contributed by atoms with van der Waals surface area (Å²) >= 11 is 3.21. The second-order valence-corrected chi connectivity index (χ2v) is 8.04. The molecule has 1 heterocycles. The molecule has 0 atom stereocenters. The first kappa shape index (κ1) is 19.1. The Morgan fingerprint density at radius 2 is 1.89 bits per heavy atom. The molecule has 0 aliphatic rings. The molecule has 0 bridgehead atoms. The number of anilines is 1. The lowest BCUT2D eigenvalue weighted by molar-refractivity contribution is 0.0600.